The molecule has 0 radical (unpaired) electrons. The average Bonchev–Trinajstić information content (AvgIpc) is 3.06. The standard InChI is InChI=1S/C15H14N4O3/c1-3-11-5-4-10(7-17-11)14(20)19-13(15(21)22-2)6-12-8-16-9-18-12/h1,4-5,7-9,13H,6H2,2H3,(H,16,18)(H,19,20)/t13-/m1/s1. The Bertz CT molecular complexity index is 687. The summed E-state index contributed by atoms with van der Waals surface area (Å²) in [4.78, 5) is 34.6. The monoisotopic (exact) mass is 298 g/mol. The number of hydrogen-bond acceptors (Lipinski definition) is 5. The fourth-order valence-electron chi connectivity index (χ4n) is 1.81. The van der Waals surface area contributed by atoms with E-state index in [0.29, 0.717) is 17.0 Å². The van der Waals surface area contributed by atoms with Gasteiger partial charge in [-0.3, -0.25) is 4.79 Å². The molecule has 0 aliphatic carbocycles. The van der Waals surface area contributed by atoms with Crippen LogP contribution in [0.1, 0.15) is 21.7 Å². The molecule has 7 nitrogen and oxygen atoms in total. The van der Waals surface area contributed by atoms with E-state index in [1.165, 1.54) is 19.6 Å². The smallest absolute Gasteiger partial charge is 0.328 e. The normalized spacial score (nSPS) is 11.3. The van der Waals surface area contributed by atoms with Gasteiger partial charge in [-0.15, -0.1) is 6.42 Å². The summed E-state index contributed by atoms with van der Waals surface area (Å²) < 4.78 is 4.70. The summed E-state index contributed by atoms with van der Waals surface area (Å²) in [5.74, 6) is 1.38. The Morgan fingerprint density at radius 1 is 1.45 bits per heavy atom. The lowest BCUT2D eigenvalue weighted by molar-refractivity contribution is -0.142. The van der Waals surface area contributed by atoms with E-state index in [4.69, 9.17) is 11.2 Å². The van der Waals surface area contributed by atoms with Gasteiger partial charge in [-0.05, 0) is 12.1 Å². The Morgan fingerprint density at radius 3 is 2.82 bits per heavy atom. The second kappa shape index (κ2) is 7.04. The quantitative estimate of drug-likeness (QED) is 0.611. The molecule has 7 heteroatoms. The lowest BCUT2D eigenvalue weighted by Gasteiger charge is -2.15. The number of ether oxygens (including phenoxy) is 1. The van der Waals surface area contributed by atoms with E-state index in [1.807, 2.05) is 0 Å². The molecule has 0 saturated carbocycles. The van der Waals surface area contributed by atoms with Crippen molar-refractivity contribution < 1.29 is 14.3 Å². The zero-order chi connectivity index (χ0) is 15.9. The fraction of sp³-hybridized carbons (Fsp3) is 0.200. The number of hydrogen-bond donors (Lipinski definition) is 2. The van der Waals surface area contributed by atoms with Crippen LogP contribution in [0.5, 0.6) is 0 Å². The number of carbonyl (C=O) groups is 2. The predicted molar refractivity (Wildman–Crippen MR) is 77.7 cm³/mol. The number of amides is 1. The third kappa shape index (κ3) is 3.70. The molecule has 2 aromatic rings. The summed E-state index contributed by atoms with van der Waals surface area (Å²) >= 11 is 0. The summed E-state index contributed by atoms with van der Waals surface area (Å²) in [5, 5.41) is 2.61. The van der Waals surface area contributed by atoms with Gasteiger partial charge in [-0.1, -0.05) is 5.92 Å². The summed E-state index contributed by atoms with van der Waals surface area (Å²) in [6.07, 6.45) is 9.88. The van der Waals surface area contributed by atoms with Crippen molar-refractivity contribution in [3.63, 3.8) is 0 Å². The number of nitrogens with zero attached hydrogens (tertiary/aromatic N) is 2. The van der Waals surface area contributed by atoms with Crippen LogP contribution in [-0.4, -0.2) is 40.0 Å². The van der Waals surface area contributed by atoms with E-state index in [9.17, 15) is 9.59 Å². The first kappa shape index (κ1) is 15.3. The molecule has 0 spiro atoms. The van der Waals surface area contributed by atoms with Crippen LogP contribution in [0, 0.1) is 12.3 Å². The van der Waals surface area contributed by atoms with Crippen LogP contribution < -0.4 is 5.32 Å². The third-order valence-corrected chi connectivity index (χ3v) is 2.94. The molecule has 0 saturated heterocycles. The number of terminal acetylenes is 1. The van der Waals surface area contributed by atoms with Gasteiger partial charge in [0.15, 0.2) is 0 Å². The van der Waals surface area contributed by atoms with E-state index < -0.39 is 17.9 Å². The fourth-order valence-corrected chi connectivity index (χ4v) is 1.81. The molecule has 0 aromatic carbocycles. The Hall–Kier alpha value is -3.14. The highest BCUT2D eigenvalue weighted by atomic mass is 16.5. The van der Waals surface area contributed by atoms with Crippen molar-refractivity contribution in [1.82, 2.24) is 20.3 Å². The lowest BCUT2D eigenvalue weighted by Crippen LogP contribution is -2.43. The summed E-state index contributed by atoms with van der Waals surface area (Å²) in [6, 6.07) is 2.27. The van der Waals surface area contributed by atoms with Gasteiger partial charge in [0, 0.05) is 24.5 Å². The van der Waals surface area contributed by atoms with Crippen LogP contribution in [0.25, 0.3) is 0 Å². The first-order valence-electron chi connectivity index (χ1n) is 6.42. The Kier molecular flexibility index (Phi) is 4.88. The Balaban J connectivity index is 2.10. The topological polar surface area (TPSA) is 97.0 Å². The van der Waals surface area contributed by atoms with Crippen LogP contribution in [0.15, 0.2) is 30.9 Å². The molecule has 0 aliphatic heterocycles. The maximum absolute atomic E-state index is 12.2. The first-order chi connectivity index (χ1) is 10.6. The largest absolute Gasteiger partial charge is 0.467 e. The SMILES string of the molecule is C#Cc1ccc(C(=O)N[C@H](Cc2cnc[nH]2)C(=O)OC)cn1. The predicted octanol–water partition coefficient (Wildman–Crippen LogP) is 0.300. The molecule has 22 heavy (non-hydrogen) atoms. The van der Waals surface area contributed by atoms with Gasteiger partial charge in [-0.2, -0.15) is 0 Å². The summed E-state index contributed by atoms with van der Waals surface area (Å²) in [5.41, 5.74) is 1.44. The average molecular weight is 298 g/mol. The van der Waals surface area contributed by atoms with Gasteiger partial charge in [0.05, 0.1) is 19.0 Å². The minimum absolute atomic E-state index is 0.244. The van der Waals surface area contributed by atoms with Crippen molar-refractivity contribution in [3.8, 4) is 12.3 Å². The van der Waals surface area contributed by atoms with Gasteiger partial charge >= 0.3 is 5.97 Å². The number of esters is 1. The van der Waals surface area contributed by atoms with Gasteiger partial charge in [-0.25, -0.2) is 14.8 Å². The van der Waals surface area contributed by atoms with Crippen molar-refractivity contribution in [2.45, 2.75) is 12.5 Å². The molecule has 1 amide bonds. The highest BCUT2D eigenvalue weighted by molar-refractivity contribution is 5.96. The van der Waals surface area contributed by atoms with Crippen molar-refractivity contribution in [2.24, 2.45) is 0 Å². The molecule has 112 valence electrons. The summed E-state index contributed by atoms with van der Waals surface area (Å²) in [7, 11) is 1.26. The number of rotatable bonds is 5. The minimum atomic E-state index is -0.828. The molecule has 1 atom stereocenters. The number of methoxy groups -OCH3 is 1. The number of carbonyl (C=O) groups excluding carboxylic acids is 2. The summed E-state index contributed by atoms with van der Waals surface area (Å²) in [6.45, 7) is 0. The van der Waals surface area contributed by atoms with Crippen molar-refractivity contribution in [1.29, 1.82) is 0 Å². The number of H-pyrrole nitrogens is 1. The molecule has 0 unspecified atom stereocenters. The van der Waals surface area contributed by atoms with Gasteiger partial charge in [0.25, 0.3) is 5.91 Å². The van der Waals surface area contributed by atoms with Crippen LogP contribution >= 0.6 is 0 Å². The molecule has 0 aliphatic rings. The van der Waals surface area contributed by atoms with Crippen LogP contribution in [0.4, 0.5) is 0 Å². The number of pyridine rings is 1. The van der Waals surface area contributed by atoms with Crippen LogP contribution in [-0.2, 0) is 16.0 Å². The zero-order valence-corrected chi connectivity index (χ0v) is 11.9. The molecule has 2 aromatic heterocycles. The number of imidazole rings is 1. The molecule has 2 heterocycles. The van der Waals surface area contributed by atoms with Gasteiger partial charge < -0.3 is 15.0 Å². The zero-order valence-electron chi connectivity index (χ0n) is 11.9. The van der Waals surface area contributed by atoms with E-state index in [0.717, 1.165) is 0 Å². The molecule has 2 rings (SSSR count). The molecule has 0 fully saturated rings. The molecular formula is C15H14N4O3. The van der Waals surface area contributed by atoms with Crippen molar-refractivity contribution >= 4 is 11.9 Å². The highest BCUT2D eigenvalue weighted by Crippen LogP contribution is 2.04. The lowest BCUT2D eigenvalue weighted by atomic mass is 10.1. The maximum Gasteiger partial charge on any atom is 0.328 e. The third-order valence-electron chi connectivity index (χ3n) is 2.94. The van der Waals surface area contributed by atoms with Crippen molar-refractivity contribution in [2.75, 3.05) is 7.11 Å². The van der Waals surface area contributed by atoms with E-state index >= 15 is 0 Å². The number of aromatic amines is 1. The number of nitrogens with one attached hydrogen (secondary N) is 2. The second-order valence-electron chi connectivity index (χ2n) is 4.41. The molecular weight excluding hydrogens is 284 g/mol. The minimum Gasteiger partial charge on any atom is -0.467 e. The first-order valence-corrected chi connectivity index (χ1v) is 6.42. The Labute approximate surface area is 127 Å². The van der Waals surface area contributed by atoms with E-state index in [2.05, 4.69) is 26.2 Å². The van der Waals surface area contributed by atoms with E-state index in [-0.39, 0.29) is 6.42 Å². The van der Waals surface area contributed by atoms with Gasteiger partial charge in [0.1, 0.15) is 11.7 Å². The highest BCUT2D eigenvalue weighted by Gasteiger charge is 2.23. The molecule has 0 bridgehead atoms. The van der Waals surface area contributed by atoms with Gasteiger partial charge in [0.2, 0.25) is 0 Å². The second-order valence-corrected chi connectivity index (χ2v) is 4.41. The van der Waals surface area contributed by atoms with Crippen LogP contribution in [0.2, 0.25) is 0 Å². The number of aromatic nitrogens is 3. The maximum atomic E-state index is 12.2. The van der Waals surface area contributed by atoms with Crippen molar-refractivity contribution in [3.05, 3.63) is 47.8 Å². The Morgan fingerprint density at radius 2 is 2.27 bits per heavy atom. The van der Waals surface area contributed by atoms with E-state index in [1.54, 1.807) is 18.3 Å². The molecule has 2 N–H and O–H groups in total. The van der Waals surface area contributed by atoms with Crippen LogP contribution in [0.3, 0.4) is 0 Å².